The van der Waals surface area contributed by atoms with E-state index in [2.05, 4.69) is 10.6 Å². The second kappa shape index (κ2) is 8.84. The molecule has 0 saturated carbocycles. The number of halogens is 2. The molecule has 2 aliphatic rings. The maximum atomic E-state index is 14.7. The Kier molecular flexibility index (Phi) is 5.74. The number of hydrogen-bond acceptors (Lipinski definition) is 4. The van der Waals surface area contributed by atoms with Gasteiger partial charge >= 0.3 is 0 Å². The quantitative estimate of drug-likeness (QED) is 0.551. The summed E-state index contributed by atoms with van der Waals surface area (Å²) in [7, 11) is 0. The summed E-state index contributed by atoms with van der Waals surface area (Å²) in [5, 5.41) is 6.56. The van der Waals surface area contributed by atoms with Gasteiger partial charge in [0.05, 0.1) is 11.1 Å². The minimum absolute atomic E-state index is 0.134. The number of anilines is 1. The minimum atomic E-state index is -0.492. The molecule has 3 aromatic rings. The number of carbonyl (C=O) groups is 2. The van der Waals surface area contributed by atoms with E-state index in [0.717, 1.165) is 19.5 Å². The van der Waals surface area contributed by atoms with E-state index in [1.807, 2.05) is 0 Å². The largest absolute Gasteiger partial charge is 0.457 e. The highest BCUT2D eigenvalue weighted by Crippen LogP contribution is 2.36. The molecule has 2 aromatic carbocycles. The lowest BCUT2D eigenvalue weighted by Gasteiger charge is -2.20. The van der Waals surface area contributed by atoms with Gasteiger partial charge in [0.1, 0.15) is 17.3 Å². The van der Waals surface area contributed by atoms with E-state index in [1.165, 1.54) is 18.2 Å². The third kappa shape index (κ3) is 4.29. The van der Waals surface area contributed by atoms with Gasteiger partial charge in [0.15, 0.2) is 0 Å². The van der Waals surface area contributed by atoms with Crippen molar-refractivity contribution in [3.8, 4) is 11.3 Å². The second-order valence-corrected chi connectivity index (χ2v) is 8.43. The zero-order chi connectivity index (χ0) is 22.9. The number of furan rings is 1. The lowest BCUT2D eigenvalue weighted by Crippen LogP contribution is -2.34. The summed E-state index contributed by atoms with van der Waals surface area (Å²) in [5.74, 6) is -0.233. The van der Waals surface area contributed by atoms with Crippen LogP contribution in [0.15, 0.2) is 52.9 Å². The Morgan fingerprint density at radius 2 is 1.94 bits per heavy atom. The van der Waals surface area contributed by atoms with Crippen molar-refractivity contribution >= 4 is 40.8 Å². The van der Waals surface area contributed by atoms with Crippen LogP contribution in [0.1, 0.15) is 28.1 Å². The summed E-state index contributed by atoms with van der Waals surface area (Å²) in [6, 6.07) is 12.7. The van der Waals surface area contributed by atoms with Crippen LogP contribution in [0.5, 0.6) is 0 Å². The lowest BCUT2D eigenvalue weighted by molar-refractivity contribution is -0.110. The van der Waals surface area contributed by atoms with Gasteiger partial charge in [-0.05, 0) is 67.6 Å². The van der Waals surface area contributed by atoms with E-state index < -0.39 is 5.82 Å². The molecule has 0 radical (unpaired) electrons. The normalized spacial score (nSPS) is 17.1. The maximum absolute atomic E-state index is 14.7. The zero-order valence-electron chi connectivity index (χ0n) is 17.7. The zero-order valence-corrected chi connectivity index (χ0v) is 18.4. The Morgan fingerprint density at radius 3 is 2.82 bits per heavy atom. The van der Waals surface area contributed by atoms with Crippen LogP contribution in [0.3, 0.4) is 0 Å². The van der Waals surface area contributed by atoms with E-state index in [0.29, 0.717) is 46.3 Å². The van der Waals surface area contributed by atoms with E-state index in [4.69, 9.17) is 16.0 Å². The number of benzene rings is 2. The minimum Gasteiger partial charge on any atom is -0.457 e. The van der Waals surface area contributed by atoms with Gasteiger partial charge in [0, 0.05) is 41.5 Å². The first-order valence-corrected chi connectivity index (χ1v) is 11.1. The van der Waals surface area contributed by atoms with Crippen molar-refractivity contribution in [2.45, 2.75) is 6.42 Å². The molecule has 1 aromatic heterocycles. The van der Waals surface area contributed by atoms with Crippen LogP contribution in [-0.2, 0) is 4.79 Å². The van der Waals surface area contributed by atoms with Crippen LogP contribution in [0.2, 0.25) is 5.02 Å². The molecule has 5 rings (SSSR count). The molecule has 33 heavy (non-hydrogen) atoms. The summed E-state index contributed by atoms with van der Waals surface area (Å²) in [5.41, 5.74) is 2.35. The Balaban J connectivity index is 1.44. The molecule has 6 nitrogen and oxygen atoms in total. The molecule has 3 heterocycles. The molecular weight excluding hydrogens is 445 g/mol. The number of fused-ring (bicyclic) bond motifs is 1. The fourth-order valence-electron chi connectivity index (χ4n) is 4.10. The Labute approximate surface area is 195 Å². The SMILES string of the molecule is O=C1Nc2ccc(Cl)cc2/C1=C\c1ccc(-c2cc(C(=O)N3CCCNCC3)ccc2F)o1. The van der Waals surface area contributed by atoms with Crippen molar-refractivity contribution in [1.82, 2.24) is 10.2 Å². The first-order valence-electron chi connectivity index (χ1n) is 10.7. The maximum Gasteiger partial charge on any atom is 0.256 e. The summed E-state index contributed by atoms with van der Waals surface area (Å²) in [6.45, 7) is 2.87. The van der Waals surface area contributed by atoms with Crippen LogP contribution in [0.4, 0.5) is 10.1 Å². The number of nitrogens with one attached hydrogen (secondary N) is 2. The summed E-state index contributed by atoms with van der Waals surface area (Å²) < 4.78 is 20.5. The van der Waals surface area contributed by atoms with Gasteiger partial charge in [-0.3, -0.25) is 9.59 Å². The van der Waals surface area contributed by atoms with E-state index in [9.17, 15) is 14.0 Å². The molecule has 0 aliphatic carbocycles. The number of nitrogens with zero attached hydrogens (tertiary/aromatic N) is 1. The third-order valence-corrected chi connectivity index (χ3v) is 6.02. The molecule has 0 bridgehead atoms. The van der Waals surface area contributed by atoms with Crippen molar-refractivity contribution in [2.24, 2.45) is 0 Å². The Morgan fingerprint density at radius 1 is 1.06 bits per heavy atom. The fourth-order valence-corrected chi connectivity index (χ4v) is 4.27. The average molecular weight is 466 g/mol. The topological polar surface area (TPSA) is 74.6 Å². The molecule has 0 atom stereocenters. The smallest absolute Gasteiger partial charge is 0.256 e. The number of hydrogen-bond donors (Lipinski definition) is 2. The van der Waals surface area contributed by atoms with Gasteiger partial charge in [-0.2, -0.15) is 0 Å². The number of rotatable bonds is 3. The van der Waals surface area contributed by atoms with Crippen LogP contribution in [0.25, 0.3) is 23.0 Å². The predicted molar refractivity (Wildman–Crippen MR) is 125 cm³/mol. The van der Waals surface area contributed by atoms with Gasteiger partial charge in [0.2, 0.25) is 0 Å². The average Bonchev–Trinajstić information content (AvgIpc) is 3.27. The van der Waals surface area contributed by atoms with Crippen LogP contribution < -0.4 is 10.6 Å². The van der Waals surface area contributed by atoms with Crippen LogP contribution in [0, 0.1) is 5.82 Å². The monoisotopic (exact) mass is 465 g/mol. The molecule has 0 unspecified atom stereocenters. The summed E-state index contributed by atoms with van der Waals surface area (Å²) in [4.78, 5) is 27.1. The lowest BCUT2D eigenvalue weighted by atomic mass is 10.1. The Bertz CT molecular complexity index is 1280. The molecule has 2 N–H and O–H groups in total. The third-order valence-electron chi connectivity index (χ3n) is 5.78. The number of carbonyl (C=O) groups excluding carboxylic acids is 2. The first kappa shape index (κ1) is 21.4. The molecule has 1 fully saturated rings. The van der Waals surface area contributed by atoms with E-state index in [-0.39, 0.29) is 23.1 Å². The van der Waals surface area contributed by atoms with E-state index in [1.54, 1.807) is 41.3 Å². The van der Waals surface area contributed by atoms with Gasteiger partial charge in [-0.15, -0.1) is 0 Å². The van der Waals surface area contributed by atoms with Gasteiger partial charge in [0.25, 0.3) is 11.8 Å². The molecule has 2 amide bonds. The van der Waals surface area contributed by atoms with Gasteiger partial charge < -0.3 is 20.0 Å². The second-order valence-electron chi connectivity index (χ2n) is 7.99. The molecule has 8 heteroatoms. The highest BCUT2D eigenvalue weighted by atomic mass is 35.5. The molecule has 2 aliphatic heterocycles. The summed E-state index contributed by atoms with van der Waals surface area (Å²) >= 11 is 6.08. The van der Waals surface area contributed by atoms with Crippen molar-refractivity contribution in [2.75, 3.05) is 31.5 Å². The van der Waals surface area contributed by atoms with Gasteiger partial charge in [-0.1, -0.05) is 11.6 Å². The van der Waals surface area contributed by atoms with Crippen LogP contribution in [-0.4, -0.2) is 42.9 Å². The standard InChI is InChI=1S/C25H21ClFN3O3/c26-16-3-6-22-18(13-16)19(24(31)29-22)14-17-4-7-23(33-17)20-12-15(2-5-21(20)27)25(32)30-10-1-8-28-9-11-30/h2-7,12-14,28H,1,8-11H2,(H,29,31)/b19-14+. The van der Waals surface area contributed by atoms with Gasteiger partial charge in [-0.25, -0.2) is 4.39 Å². The molecule has 168 valence electrons. The van der Waals surface area contributed by atoms with Crippen molar-refractivity contribution in [3.63, 3.8) is 0 Å². The first-order chi connectivity index (χ1) is 16.0. The van der Waals surface area contributed by atoms with Crippen molar-refractivity contribution in [3.05, 3.63) is 76.3 Å². The van der Waals surface area contributed by atoms with Crippen LogP contribution >= 0.6 is 11.6 Å². The number of amides is 2. The fraction of sp³-hybridized carbons (Fsp3) is 0.200. The molecular formula is C25H21ClFN3O3. The van der Waals surface area contributed by atoms with Crippen molar-refractivity contribution in [1.29, 1.82) is 0 Å². The highest BCUT2D eigenvalue weighted by molar-refractivity contribution is 6.36. The molecule has 0 spiro atoms. The highest BCUT2D eigenvalue weighted by Gasteiger charge is 2.25. The van der Waals surface area contributed by atoms with Crippen molar-refractivity contribution < 1.29 is 18.4 Å². The summed E-state index contributed by atoms with van der Waals surface area (Å²) in [6.07, 6.45) is 2.47. The van der Waals surface area contributed by atoms with E-state index >= 15 is 0 Å². The Hall–Kier alpha value is -3.42. The predicted octanol–water partition coefficient (Wildman–Crippen LogP) is 4.67. The molecule has 1 saturated heterocycles.